The smallest absolute Gasteiger partial charge is 0.233 e. The summed E-state index contributed by atoms with van der Waals surface area (Å²) in [7, 11) is 0. The van der Waals surface area contributed by atoms with Gasteiger partial charge < -0.3 is 10.8 Å². The van der Waals surface area contributed by atoms with Crippen LogP contribution in [-0.2, 0) is 9.59 Å². The summed E-state index contributed by atoms with van der Waals surface area (Å²) < 4.78 is 0. The molecule has 0 aromatic rings. The lowest BCUT2D eigenvalue weighted by molar-refractivity contribution is -0.131. The zero-order chi connectivity index (χ0) is 13.3. The van der Waals surface area contributed by atoms with Crippen molar-refractivity contribution >= 4 is 24.3 Å². The summed E-state index contributed by atoms with van der Waals surface area (Å²) in [6.45, 7) is 2.15. The molecule has 100 valence electrons. The van der Waals surface area contributed by atoms with Crippen LogP contribution in [0.25, 0.3) is 0 Å². The molecule has 1 amide bonds. The van der Waals surface area contributed by atoms with Gasteiger partial charge in [-0.2, -0.15) is 12.6 Å². The Morgan fingerprint density at radius 3 is 2.24 bits per heavy atom. The van der Waals surface area contributed by atoms with Gasteiger partial charge in [-0.1, -0.05) is 39.0 Å². The second kappa shape index (κ2) is 9.48. The lowest BCUT2D eigenvalue weighted by atomic mass is 10.0. The van der Waals surface area contributed by atoms with Crippen molar-refractivity contribution in [2.75, 3.05) is 0 Å². The van der Waals surface area contributed by atoms with E-state index in [2.05, 4.69) is 19.6 Å². The SMILES string of the molecule is CCCCCCCCC(=O)[C@@H](O)[C@H](S)C(N)=O. The molecule has 0 heterocycles. The molecule has 3 N–H and O–H groups in total. The Bertz CT molecular complexity index is 246. The number of amides is 1. The second-order valence-corrected chi connectivity index (χ2v) is 4.83. The van der Waals surface area contributed by atoms with E-state index in [1.807, 2.05) is 0 Å². The molecule has 0 aromatic heterocycles. The molecule has 0 radical (unpaired) electrons. The molecule has 0 aliphatic heterocycles. The zero-order valence-electron chi connectivity index (χ0n) is 10.4. The van der Waals surface area contributed by atoms with E-state index in [-0.39, 0.29) is 12.2 Å². The molecule has 0 aromatic carbocycles. The van der Waals surface area contributed by atoms with Gasteiger partial charge >= 0.3 is 0 Å². The van der Waals surface area contributed by atoms with Gasteiger partial charge in [0.1, 0.15) is 11.4 Å². The van der Waals surface area contributed by atoms with E-state index in [4.69, 9.17) is 5.73 Å². The van der Waals surface area contributed by atoms with E-state index in [0.717, 1.165) is 19.3 Å². The summed E-state index contributed by atoms with van der Waals surface area (Å²) in [5.74, 6) is -1.11. The fraction of sp³-hybridized carbons (Fsp3) is 0.833. The van der Waals surface area contributed by atoms with Crippen molar-refractivity contribution in [1.82, 2.24) is 0 Å². The van der Waals surface area contributed by atoms with E-state index in [1.165, 1.54) is 19.3 Å². The molecule has 0 spiro atoms. The van der Waals surface area contributed by atoms with Gasteiger partial charge in [-0.05, 0) is 6.42 Å². The molecule has 0 aliphatic rings. The minimum atomic E-state index is -1.37. The van der Waals surface area contributed by atoms with Gasteiger partial charge in [0.15, 0.2) is 5.78 Å². The topological polar surface area (TPSA) is 80.4 Å². The Morgan fingerprint density at radius 2 is 1.71 bits per heavy atom. The second-order valence-electron chi connectivity index (χ2n) is 4.28. The van der Waals surface area contributed by atoms with E-state index in [9.17, 15) is 14.7 Å². The monoisotopic (exact) mass is 261 g/mol. The number of nitrogens with two attached hydrogens (primary N) is 1. The Hall–Kier alpha value is -0.550. The van der Waals surface area contributed by atoms with E-state index in [0.29, 0.717) is 0 Å². The standard InChI is InChI=1S/C12H23NO3S/c1-2-3-4-5-6-7-8-9(14)10(15)11(17)12(13)16/h10-11,15,17H,2-8H2,1H3,(H2,13,16)/t10-,11+/m1/s1. The molecule has 4 nitrogen and oxygen atoms in total. The van der Waals surface area contributed by atoms with Gasteiger partial charge in [-0.15, -0.1) is 0 Å². The first-order valence-electron chi connectivity index (χ1n) is 6.18. The minimum Gasteiger partial charge on any atom is -0.384 e. The van der Waals surface area contributed by atoms with Crippen molar-refractivity contribution < 1.29 is 14.7 Å². The number of carbonyl (C=O) groups is 2. The highest BCUT2D eigenvalue weighted by molar-refractivity contribution is 7.81. The number of rotatable bonds is 10. The largest absolute Gasteiger partial charge is 0.384 e. The lowest BCUT2D eigenvalue weighted by Crippen LogP contribution is -2.39. The first kappa shape index (κ1) is 16.4. The van der Waals surface area contributed by atoms with Crippen LogP contribution in [0.4, 0.5) is 0 Å². The summed E-state index contributed by atoms with van der Waals surface area (Å²) in [5.41, 5.74) is 4.96. The van der Waals surface area contributed by atoms with Crippen LogP contribution in [-0.4, -0.2) is 28.2 Å². The average molecular weight is 261 g/mol. The summed E-state index contributed by atoms with van der Waals surface area (Å²) in [4.78, 5) is 22.2. The predicted octanol–water partition coefficient (Wildman–Crippen LogP) is 1.45. The molecular formula is C12H23NO3S. The van der Waals surface area contributed by atoms with Crippen LogP contribution in [0.1, 0.15) is 51.9 Å². The molecule has 0 rings (SSSR count). The number of hydrogen-bond donors (Lipinski definition) is 3. The van der Waals surface area contributed by atoms with Gasteiger partial charge in [0.05, 0.1) is 0 Å². The van der Waals surface area contributed by atoms with Crippen molar-refractivity contribution in [2.45, 2.75) is 63.2 Å². The highest BCUT2D eigenvalue weighted by Gasteiger charge is 2.26. The number of unbranched alkanes of at least 4 members (excludes halogenated alkanes) is 5. The number of aliphatic hydroxyl groups is 1. The maximum Gasteiger partial charge on any atom is 0.233 e. The van der Waals surface area contributed by atoms with E-state index in [1.54, 1.807) is 0 Å². The minimum absolute atomic E-state index is 0.289. The number of ketones is 1. The van der Waals surface area contributed by atoms with Gasteiger partial charge in [-0.3, -0.25) is 9.59 Å². The summed E-state index contributed by atoms with van der Waals surface area (Å²) in [6.07, 6.45) is 5.35. The van der Waals surface area contributed by atoms with Crippen LogP contribution >= 0.6 is 12.6 Å². The average Bonchev–Trinajstić information content (AvgIpc) is 2.31. The number of hydrogen-bond acceptors (Lipinski definition) is 4. The quantitative estimate of drug-likeness (QED) is 0.411. The Labute approximate surface area is 108 Å². The molecule has 0 saturated carbocycles. The molecular weight excluding hydrogens is 238 g/mol. The van der Waals surface area contributed by atoms with E-state index >= 15 is 0 Å². The van der Waals surface area contributed by atoms with Crippen molar-refractivity contribution in [1.29, 1.82) is 0 Å². The normalized spacial score (nSPS) is 14.3. The number of primary amides is 1. The first-order chi connectivity index (χ1) is 8.00. The maximum absolute atomic E-state index is 11.5. The van der Waals surface area contributed by atoms with Crippen LogP contribution in [0.2, 0.25) is 0 Å². The highest BCUT2D eigenvalue weighted by Crippen LogP contribution is 2.10. The fourth-order valence-electron chi connectivity index (χ4n) is 1.56. The number of aliphatic hydroxyl groups excluding tert-OH is 1. The Morgan fingerprint density at radius 1 is 1.18 bits per heavy atom. The summed E-state index contributed by atoms with van der Waals surface area (Å²) in [6, 6.07) is 0. The summed E-state index contributed by atoms with van der Waals surface area (Å²) in [5, 5.41) is 8.38. The van der Waals surface area contributed by atoms with Crippen molar-refractivity contribution in [2.24, 2.45) is 5.73 Å². The first-order valence-corrected chi connectivity index (χ1v) is 6.70. The van der Waals surface area contributed by atoms with Gasteiger partial charge in [0.2, 0.25) is 5.91 Å². The number of Topliss-reactive ketones (excluding diaryl/α,β-unsaturated/α-hetero) is 1. The van der Waals surface area contributed by atoms with Crippen LogP contribution in [0, 0.1) is 0 Å². The van der Waals surface area contributed by atoms with Gasteiger partial charge in [-0.25, -0.2) is 0 Å². The van der Waals surface area contributed by atoms with Crippen LogP contribution < -0.4 is 5.73 Å². The third-order valence-corrected chi connectivity index (χ3v) is 3.23. The predicted molar refractivity (Wildman–Crippen MR) is 71.0 cm³/mol. The van der Waals surface area contributed by atoms with E-state index < -0.39 is 17.3 Å². The third-order valence-electron chi connectivity index (χ3n) is 2.70. The number of thiol groups is 1. The number of carbonyl (C=O) groups excluding carboxylic acids is 2. The van der Waals surface area contributed by atoms with Gasteiger partial charge in [0.25, 0.3) is 0 Å². The van der Waals surface area contributed by atoms with Crippen molar-refractivity contribution in [3.05, 3.63) is 0 Å². The fourth-order valence-corrected chi connectivity index (χ4v) is 1.73. The van der Waals surface area contributed by atoms with Crippen LogP contribution in [0.3, 0.4) is 0 Å². The third kappa shape index (κ3) is 7.39. The highest BCUT2D eigenvalue weighted by atomic mass is 32.1. The molecule has 17 heavy (non-hydrogen) atoms. The zero-order valence-corrected chi connectivity index (χ0v) is 11.3. The van der Waals surface area contributed by atoms with Crippen molar-refractivity contribution in [3.63, 3.8) is 0 Å². The van der Waals surface area contributed by atoms with Gasteiger partial charge in [0, 0.05) is 6.42 Å². The molecule has 0 unspecified atom stereocenters. The summed E-state index contributed by atoms with van der Waals surface area (Å²) >= 11 is 3.80. The van der Waals surface area contributed by atoms with Crippen LogP contribution in [0.5, 0.6) is 0 Å². The molecule has 0 fully saturated rings. The lowest BCUT2D eigenvalue weighted by Gasteiger charge is -2.13. The molecule has 0 saturated heterocycles. The molecule has 0 aliphatic carbocycles. The molecule has 5 heteroatoms. The Balaban J connectivity index is 3.68. The molecule has 2 atom stereocenters. The van der Waals surface area contributed by atoms with Crippen molar-refractivity contribution in [3.8, 4) is 0 Å². The Kier molecular flexibility index (Phi) is 9.17. The molecule has 0 bridgehead atoms. The van der Waals surface area contributed by atoms with Crippen LogP contribution in [0.15, 0.2) is 0 Å². The maximum atomic E-state index is 11.5.